The summed E-state index contributed by atoms with van der Waals surface area (Å²) in [6.45, 7) is 5.80. The molecule has 0 aliphatic rings. The van der Waals surface area contributed by atoms with E-state index in [4.69, 9.17) is 5.73 Å². The van der Waals surface area contributed by atoms with E-state index in [9.17, 15) is 4.79 Å². The molecule has 118 valence electrons. The Bertz CT molecular complexity index is 455. The standard InChI is InChI=1S/C17H29N3O/c1-17(2,11-12-18)10-9-16(21)19-15-8-6-5-7-14(15)13-20(3)4/h5-8H,9-13,18H2,1-4H3,(H,19,21). The molecule has 0 unspecified atom stereocenters. The molecule has 0 atom stereocenters. The van der Waals surface area contributed by atoms with Crippen LogP contribution in [-0.2, 0) is 11.3 Å². The molecule has 1 amide bonds. The molecule has 1 rings (SSSR count). The molecular weight excluding hydrogens is 262 g/mol. The van der Waals surface area contributed by atoms with Gasteiger partial charge in [-0.1, -0.05) is 32.0 Å². The summed E-state index contributed by atoms with van der Waals surface area (Å²) in [6.07, 6.45) is 2.33. The lowest BCUT2D eigenvalue weighted by Gasteiger charge is -2.23. The smallest absolute Gasteiger partial charge is 0.224 e. The van der Waals surface area contributed by atoms with Crippen molar-refractivity contribution in [3.63, 3.8) is 0 Å². The molecule has 21 heavy (non-hydrogen) atoms. The molecule has 3 N–H and O–H groups in total. The van der Waals surface area contributed by atoms with Crippen molar-refractivity contribution in [2.75, 3.05) is 26.0 Å². The number of rotatable bonds is 8. The van der Waals surface area contributed by atoms with Crippen LogP contribution in [0.15, 0.2) is 24.3 Å². The minimum atomic E-state index is 0.0753. The molecule has 0 bridgehead atoms. The van der Waals surface area contributed by atoms with Crippen LogP contribution >= 0.6 is 0 Å². The van der Waals surface area contributed by atoms with Crippen LogP contribution < -0.4 is 11.1 Å². The first-order chi connectivity index (χ1) is 9.84. The third kappa shape index (κ3) is 6.74. The summed E-state index contributed by atoms with van der Waals surface area (Å²) < 4.78 is 0. The van der Waals surface area contributed by atoms with Crippen molar-refractivity contribution < 1.29 is 4.79 Å². The number of carbonyl (C=O) groups excluding carboxylic acids is 1. The maximum absolute atomic E-state index is 12.1. The van der Waals surface area contributed by atoms with E-state index >= 15 is 0 Å². The van der Waals surface area contributed by atoms with Gasteiger partial charge in [-0.3, -0.25) is 4.79 Å². The molecule has 0 aliphatic carbocycles. The second-order valence-corrected chi connectivity index (χ2v) is 6.65. The van der Waals surface area contributed by atoms with Gasteiger partial charge < -0.3 is 16.0 Å². The zero-order chi connectivity index (χ0) is 15.9. The molecule has 0 saturated carbocycles. The molecule has 0 fully saturated rings. The number of amides is 1. The molecule has 1 aromatic rings. The van der Waals surface area contributed by atoms with Gasteiger partial charge in [-0.15, -0.1) is 0 Å². The van der Waals surface area contributed by atoms with Gasteiger partial charge in [-0.2, -0.15) is 0 Å². The molecule has 4 heteroatoms. The second kappa shape index (κ2) is 8.15. The number of hydrogen-bond acceptors (Lipinski definition) is 3. The first-order valence-electron chi connectivity index (χ1n) is 7.56. The van der Waals surface area contributed by atoms with Gasteiger partial charge in [0.1, 0.15) is 0 Å². The lowest BCUT2D eigenvalue weighted by atomic mass is 9.84. The normalized spacial score (nSPS) is 11.7. The van der Waals surface area contributed by atoms with E-state index < -0.39 is 0 Å². The Kier molecular flexibility index (Phi) is 6.85. The third-order valence-electron chi connectivity index (χ3n) is 3.63. The fraction of sp³-hybridized carbons (Fsp3) is 0.588. The van der Waals surface area contributed by atoms with Crippen LogP contribution in [-0.4, -0.2) is 31.4 Å². The summed E-state index contributed by atoms with van der Waals surface area (Å²) in [7, 11) is 4.04. The summed E-state index contributed by atoms with van der Waals surface area (Å²) in [4.78, 5) is 14.2. The number of para-hydroxylation sites is 1. The van der Waals surface area contributed by atoms with Crippen molar-refractivity contribution in [3.8, 4) is 0 Å². The Morgan fingerprint density at radius 3 is 2.52 bits per heavy atom. The maximum atomic E-state index is 12.1. The highest BCUT2D eigenvalue weighted by Gasteiger charge is 2.18. The number of carbonyl (C=O) groups is 1. The largest absolute Gasteiger partial charge is 0.330 e. The molecule has 0 aliphatic heterocycles. The van der Waals surface area contributed by atoms with Crippen molar-refractivity contribution in [2.45, 2.75) is 39.7 Å². The van der Waals surface area contributed by atoms with Crippen LogP contribution in [0.3, 0.4) is 0 Å². The molecule has 0 saturated heterocycles. The molecule has 1 aromatic carbocycles. The van der Waals surface area contributed by atoms with Crippen molar-refractivity contribution in [1.29, 1.82) is 0 Å². The Balaban J connectivity index is 2.59. The fourth-order valence-corrected chi connectivity index (χ4v) is 2.30. The van der Waals surface area contributed by atoms with Crippen LogP contribution in [0.4, 0.5) is 5.69 Å². The van der Waals surface area contributed by atoms with Gasteiger partial charge in [0.15, 0.2) is 0 Å². The third-order valence-corrected chi connectivity index (χ3v) is 3.63. The zero-order valence-electron chi connectivity index (χ0n) is 13.8. The van der Waals surface area contributed by atoms with Gasteiger partial charge >= 0.3 is 0 Å². The number of hydrogen-bond donors (Lipinski definition) is 2. The topological polar surface area (TPSA) is 58.4 Å². The highest BCUT2D eigenvalue weighted by Crippen LogP contribution is 2.26. The molecule has 0 radical (unpaired) electrons. The second-order valence-electron chi connectivity index (χ2n) is 6.65. The van der Waals surface area contributed by atoms with Crippen LogP contribution in [0.25, 0.3) is 0 Å². The van der Waals surface area contributed by atoms with E-state index in [1.807, 2.05) is 38.4 Å². The van der Waals surface area contributed by atoms with E-state index in [0.29, 0.717) is 13.0 Å². The minimum absolute atomic E-state index is 0.0753. The van der Waals surface area contributed by atoms with Crippen LogP contribution in [0.2, 0.25) is 0 Å². The van der Waals surface area contributed by atoms with Crippen molar-refractivity contribution in [3.05, 3.63) is 29.8 Å². The van der Waals surface area contributed by atoms with Gasteiger partial charge in [0.2, 0.25) is 5.91 Å². The number of nitrogens with zero attached hydrogens (tertiary/aromatic N) is 1. The molecule has 4 nitrogen and oxygen atoms in total. The predicted octanol–water partition coefficient (Wildman–Crippen LogP) is 2.84. The number of nitrogens with two attached hydrogens (primary N) is 1. The molecular formula is C17H29N3O. The van der Waals surface area contributed by atoms with Crippen molar-refractivity contribution in [1.82, 2.24) is 4.90 Å². The average molecular weight is 291 g/mol. The van der Waals surface area contributed by atoms with Gasteiger partial charge in [0, 0.05) is 18.7 Å². The quantitative estimate of drug-likeness (QED) is 0.774. The lowest BCUT2D eigenvalue weighted by Crippen LogP contribution is -2.21. The minimum Gasteiger partial charge on any atom is -0.330 e. The Hall–Kier alpha value is -1.39. The number of nitrogens with one attached hydrogen (secondary N) is 1. The fourth-order valence-electron chi connectivity index (χ4n) is 2.30. The Labute approximate surface area is 128 Å². The van der Waals surface area contributed by atoms with Crippen LogP contribution in [0, 0.1) is 5.41 Å². The predicted molar refractivity (Wildman–Crippen MR) is 89.1 cm³/mol. The van der Waals surface area contributed by atoms with Gasteiger partial charge in [-0.05, 0) is 50.5 Å². The van der Waals surface area contributed by atoms with E-state index in [1.54, 1.807) is 0 Å². The molecule has 0 heterocycles. The van der Waals surface area contributed by atoms with Crippen molar-refractivity contribution in [2.24, 2.45) is 11.1 Å². The highest BCUT2D eigenvalue weighted by atomic mass is 16.1. The first-order valence-corrected chi connectivity index (χ1v) is 7.56. The highest BCUT2D eigenvalue weighted by molar-refractivity contribution is 5.91. The zero-order valence-corrected chi connectivity index (χ0v) is 13.8. The van der Waals surface area contributed by atoms with E-state index in [2.05, 4.69) is 24.1 Å². The van der Waals surface area contributed by atoms with E-state index in [0.717, 1.165) is 30.6 Å². The first kappa shape index (κ1) is 17.7. The average Bonchev–Trinajstić information content (AvgIpc) is 2.38. The van der Waals surface area contributed by atoms with E-state index in [-0.39, 0.29) is 11.3 Å². The monoisotopic (exact) mass is 291 g/mol. The Morgan fingerprint density at radius 1 is 1.24 bits per heavy atom. The summed E-state index contributed by atoms with van der Waals surface area (Å²) in [5, 5.41) is 3.03. The maximum Gasteiger partial charge on any atom is 0.224 e. The van der Waals surface area contributed by atoms with Crippen LogP contribution in [0.5, 0.6) is 0 Å². The van der Waals surface area contributed by atoms with Crippen LogP contribution in [0.1, 0.15) is 38.7 Å². The number of anilines is 1. The lowest BCUT2D eigenvalue weighted by molar-refractivity contribution is -0.116. The Morgan fingerprint density at radius 2 is 1.90 bits per heavy atom. The van der Waals surface area contributed by atoms with Crippen molar-refractivity contribution >= 4 is 11.6 Å². The SMILES string of the molecule is CN(C)Cc1ccccc1NC(=O)CCC(C)(C)CCN. The molecule has 0 aromatic heterocycles. The summed E-state index contributed by atoms with van der Waals surface area (Å²) >= 11 is 0. The summed E-state index contributed by atoms with van der Waals surface area (Å²) in [6, 6.07) is 7.96. The van der Waals surface area contributed by atoms with Gasteiger partial charge in [-0.25, -0.2) is 0 Å². The summed E-state index contributed by atoms with van der Waals surface area (Å²) in [5.41, 5.74) is 7.77. The van der Waals surface area contributed by atoms with Gasteiger partial charge in [0.25, 0.3) is 0 Å². The molecule has 0 spiro atoms. The number of benzene rings is 1. The van der Waals surface area contributed by atoms with Gasteiger partial charge in [0.05, 0.1) is 0 Å². The summed E-state index contributed by atoms with van der Waals surface area (Å²) in [5.74, 6) is 0.0753. The van der Waals surface area contributed by atoms with E-state index in [1.165, 1.54) is 0 Å².